The Labute approximate surface area is 60.4 Å². The van der Waals surface area contributed by atoms with E-state index in [0.717, 1.165) is 17.8 Å². The maximum atomic E-state index is 3.86. The van der Waals surface area contributed by atoms with Crippen molar-refractivity contribution in [2.45, 2.75) is 20.4 Å². The lowest BCUT2D eigenvalue weighted by Gasteiger charge is -1.99. The fourth-order valence-electron chi connectivity index (χ4n) is 0.822. The molecular weight excluding hydrogens is 126 g/mol. The van der Waals surface area contributed by atoms with E-state index in [1.54, 1.807) is 6.20 Å². The quantitative estimate of drug-likeness (QED) is 0.615. The Morgan fingerprint density at radius 3 is 2.90 bits per heavy atom. The highest BCUT2D eigenvalue weighted by Crippen LogP contribution is 2.07. The van der Waals surface area contributed by atoms with Gasteiger partial charge in [-0.25, -0.2) is 4.68 Å². The van der Waals surface area contributed by atoms with Crippen molar-refractivity contribution in [3.63, 3.8) is 0 Å². The summed E-state index contributed by atoms with van der Waals surface area (Å²) in [7, 11) is 0. The third-order valence-corrected chi connectivity index (χ3v) is 1.35. The van der Waals surface area contributed by atoms with Gasteiger partial charge in [0.15, 0.2) is 0 Å². The zero-order valence-corrected chi connectivity index (χ0v) is 6.33. The molecule has 0 bridgehead atoms. The second-order valence-corrected chi connectivity index (χ2v) is 2.22. The van der Waals surface area contributed by atoms with Crippen molar-refractivity contribution in [3.05, 3.63) is 18.5 Å². The number of hydrogen-bond acceptors (Lipinski definition) is 2. The predicted molar refractivity (Wildman–Crippen MR) is 40.4 cm³/mol. The van der Waals surface area contributed by atoms with E-state index >= 15 is 0 Å². The zero-order chi connectivity index (χ0) is 7.56. The van der Waals surface area contributed by atoms with Crippen LogP contribution in [0.4, 0.5) is 0 Å². The highest BCUT2D eigenvalue weighted by Gasteiger charge is 1.99. The molecule has 1 rings (SSSR count). The van der Waals surface area contributed by atoms with Crippen LogP contribution in [0.1, 0.15) is 19.5 Å². The number of aromatic nitrogens is 3. The van der Waals surface area contributed by atoms with E-state index in [1.165, 1.54) is 0 Å². The highest BCUT2D eigenvalue weighted by atomic mass is 15.4. The van der Waals surface area contributed by atoms with Gasteiger partial charge in [-0.1, -0.05) is 11.8 Å². The molecule has 0 radical (unpaired) electrons. The van der Waals surface area contributed by atoms with E-state index in [2.05, 4.69) is 16.9 Å². The summed E-state index contributed by atoms with van der Waals surface area (Å²) < 4.78 is 1.82. The molecule has 1 aromatic heterocycles. The Morgan fingerprint density at radius 2 is 2.50 bits per heavy atom. The molecule has 1 aromatic rings. The van der Waals surface area contributed by atoms with Crippen LogP contribution < -0.4 is 0 Å². The molecule has 0 amide bonds. The fraction of sp³-hybridized carbons (Fsp3) is 0.429. The molecule has 0 saturated carbocycles. The molecule has 0 aliphatic rings. The SMILES string of the molecule is C=C(C)c1cnnn1CC. The van der Waals surface area contributed by atoms with Crippen molar-refractivity contribution in [3.8, 4) is 0 Å². The molecule has 3 nitrogen and oxygen atoms in total. The zero-order valence-electron chi connectivity index (χ0n) is 6.33. The number of nitrogens with zero attached hydrogens (tertiary/aromatic N) is 3. The van der Waals surface area contributed by atoms with Gasteiger partial charge in [-0.05, 0) is 19.4 Å². The molecular formula is C7H11N3. The molecule has 0 aromatic carbocycles. The first kappa shape index (κ1) is 6.99. The van der Waals surface area contributed by atoms with Crippen LogP contribution >= 0.6 is 0 Å². The number of rotatable bonds is 2. The predicted octanol–water partition coefficient (Wildman–Crippen LogP) is 1.33. The second-order valence-electron chi connectivity index (χ2n) is 2.22. The van der Waals surface area contributed by atoms with Gasteiger partial charge in [0.05, 0.1) is 11.9 Å². The van der Waals surface area contributed by atoms with Crippen molar-refractivity contribution in [2.75, 3.05) is 0 Å². The van der Waals surface area contributed by atoms with Crippen LogP contribution in [0.2, 0.25) is 0 Å². The van der Waals surface area contributed by atoms with Gasteiger partial charge >= 0.3 is 0 Å². The summed E-state index contributed by atoms with van der Waals surface area (Å²) in [6, 6.07) is 0. The Morgan fingerprint density at radius 1 is 1.80 bits per heavy atom. The van der Waals surface area contributed by atoms with Crippen molar-refractivity contribution in [1.82, 2.24) is 15.0 Å². The highest BCUT2D eigenvalue weighted by molar-refractivity contribution is 5.56. The molecule has 0 N–H and O–H groups in total. The third-order valence-electron chi connectivity index (χ3n) is 1.35. The van der Waals surface area contributed by atoms with Crippen molar-refractivity contribution < 1.29 is 0 Å². The van der Waals surface area contributed by atoms with Crippen LogP contribution in [-0.2, 0) is 6.54 Å². The second kappa shape index (κ2) is 2.64. The lowest BCUT2D eigenvalue weighted by atomic mass is 10.3. The van der Waals surface area contributed by atoms with E-state index in [1.807, 2.05) is 18.5 Å². The smallest absolute Gasteiger partial charge is 0.0836 e. The van der Waals surface area contributed by atoms with Crippen molar-refractivity contribution in [1.29, 1.82) is 0 Å². The molecule has 10 heavy (non-hydrogen) atoms. The average Bonchev–Trinajstić information content (AvgIpc) is 2.33. The number of aryl methyl sites for hydroxylation is 1. The van der Waals surface area contributed by atoms with Gasteiger partial charge in [-0.3, -0.25) is 0 Å². The van der Waals surface area contributed by atoms with Gasteiger partial charge < -0.3 is 0 Å². The molecule has 0 atom stereocenters. The molecule has 0 aliphatic carbocycles. The molecule has 0 unspecified atom stereocenters. The summed E-state index contributed by atoms with van der Waals surface area (Å²) in [6.45, 7) is 8.63. The Kier molecular flexibility index (Phi) is 1.85. The normalized spacial score (nSPS) is 9.80. The van der Waals surface area contributed by atoms with E-state index in [4.69, 9.17) is 0 Å². The molecule has 1 heterocycles. The van der Waals surface area contributed by atoms with Gasteiger partial charge in [0, 0.05) is 6.54 Å². The standard InChI is InChI=1S/C7H11N3/c1-4-10-7(6(2)3)5-8-9-10/h5H,2,4H2,1,3H3. The van der Waals surface area contributed by atoms with Crippen LogP contribution in [0.15, 0.2) is 12.8 Å². The maximum Gasteiger partial charge on any atom is 0.0836 e. The molecule has 54 valence electrons. The molecule has 0 aliphatic heterocycles. The third kappa shape index (κ3) is 1.07. The summed E-state index contributed by atoms with van der Waals surface area (Å²) in [5.74, 6) is 0. The van der Waals surface area contributed by atoms with Crippen LogP contribution in [0.25, 0.3) is 5.57 Å². The van der Waals surface area contributed by atoms with Crippen molar-refractivity contribution in [2.24, 2.45) is 0 Å². The maximum absolute atomic E-state index is 3.86. The van der Waals surface area contributed by atoms with Gasteiger partial charge in [0.1, 0.15) is 0 Å². The summed E-state index contributed by atoms with van der Waals surface area (Å²) in [5, 5.41) is 7.63. The Bertz CT molecular complexity index is 237. The van der Waals surface area contributed by atoms with Crippen LogP contribution in [-0.4, -0.2) is 15.0 Å². The van der Waals surface area contributed by atoms with Gasteiger partial charge in [-0.15, -0.1) is 5.10 Å². The lowest BCUT2D eigenvalue weighted by Crippen LogP contribution is -2.00. The van der Waals surface area contributed by atoms with E-state index in [9.17, 15) is 0 Å². The topological polar surface area (TPSA) is 30.7 Å². The first-order valence-electron chi connectivity index (χ1n) is 3.30. The monoisotopic (exact) mass is 137 g/mol. The minimum Gasteiger partial charge on any atom is -0.245 e. The summed E-state index contributed by atoms with van der Waals surface area (Å²) in [4.78, 5) is 0. The van der Waals surface area contributed by atoms with E-state index in [0.29, 0.717) is 0 Å². The summed E-state index contributed by atoms with van der Waals surface area (Å²) >= 11 is 0. The first-order valence-corrected chi connectivity index (χ1v) is 3.30. The number of allylic oxidation sites excluding steroid dienone is 1. The summed E-state index contributed by atoms with van der Waals surface area (Å²) in [5.41, 5.74) is 2.02. The Hall–Kier alpha value is -1.12. The van der Waals surface area contributed by atoms with Crippen LogP contribution in [0.5, 0.6) is 0 Å². The molecule has 0 spiro atoms. The van der Waals surface area contributed by atoms with Crippen molar-refractivity contribution >= 4 is 5.57 Å². The van der Waals surface area contributed by atoms with E-state index < -0.39 is 0 Å². The van der Waals surface area contributed by atoms with Gasteiger partial charge in [0.25, 0.3) is 0 Å². The molecule has 0 saturated heterocycles. The minimum absolute atomic E-state index is 0.849. The van der Waals surface area contributed by atoms with Gasteiger partial charge in [0.2, 0.25) is 0 Å². The van der Waals surface area contributed by atoms with Crippen LogP contribution in [0.3, 0.4) is 0 Å². The van der Waals surface area contributed by atoms with E-state index in [-0.39, 0.29) is 0 Å². The minimum atomic E-state index is 0.849. The average molecular weight is 137 g/mol. The molecule has 0 fully saturated rings. The van der Waals surface area contributed by atoms with Gasteiger partial charge in [-0.2, -0.15) is 0 Å². The first-order chi connectivity index (χ1) is 4.75. The van der Waals surface area contributed by atoms with Crippen LogP contribution in [0, 0.1) is 0 Å². The Balaban J connectivity index is 3.01. The lowest BCUT2D eigenvalue weighted by molar-refractivity contribution is 0.620. The fourth-order valence-corrected chi connectivity index (χ4v) is 0.822. The molecule has 3 heteroatoms. The summed E-state index contributed by atoms with van der Waals surface area (Å²) in [6.07, 6.45) is 1.73. The largest absolute Gasteiger partial charge is 0.245 e. The number of hydrogen-bond donors (Lipinski definition) is 0.